The molecule has 1 aromatic rings. The molecule has 0 aliphatic heterocycles. The maximum Gasteiger partial charge on any atom is 0.251 e. The summed E-state index contributed by atoms with van der Waals surface area (Å²) in [6, 6.07) is 6.76. The summed E-state index contributed by atoms with van der Waals surface area (Å²) >= 11 is 0. The lowest BCUT2D eigenvalue weighted by Crippen LogP contribution is -2.50. The Morgan fingerprint density at radius 2 is 1.70 bits per heavy atom. The number of nitrogens with one attached hydrogen (secondary N) is 2. The average Bonchev–Trinajstić information content (AvgIpc) is 2.44. The quantitative estimate of drug-likeness (QED) is 0.709. The predicted octanol–water partition coefficient (Wildman–Crippen LogP) is 2.02. The SMILES string of the molecule is Cc1ccc(C(=O)NC(C(=O)NCCC(C)N)C(C)C)cc1.Cl. The van der Waals surface area contributed by atoms with Crippen LogP contribution in [0.3, 0.4) is 0 Å². The van der Waals surface area contributed by atoms with Gasteiger partial charge in [-0.3, -0.25) is 9.59 Å². The van der Waals surface area contributed by atoms with Crippen molar-refractivity contribution >= 4 is 24.2 Å². The fraction of sp³-hybridized carbons (Fsp3) is 0.529. The van der Waals surface area contributed by atoms with Crippen molar-refractivity contribution in [3.63, 3.8) is 0 Å². The van der Waals surface area contributed by atoms with Crippen molar-refractivity contribution in [1.82, 2.24) is 10.6 Å². The highest BCUT2D eigenvalue weighted by atomic mass is 35.5. The maximum atomic E-state index is 12.2. The molecular formula is C17H28ClN3O2. The van der Waals surface area contributed by atoms with E-state index in [1.54, 1.807) is 12.1 Å². The Kier molecular flexibility index (Phi) is 9.53. The molecule has 0 fully saturated rings. The molecule has 0 aliphatic rings. The minimum Gasteiger partial charge on any atom is -0.354 e. The van der Waals surface area contributed by atoms with Gasteiger partial charge in [-0.25, -0.2) is 0 Å². The number of halogens is 1. The molecule has 0 saturated carbocycles. The number of benzene rings is 1. The highest BCUT2D eigenvalue weighted by molar-refractivity contribution is 5.97. The van der Waals surface area contributed by atoms with E-state index in [2.05, 4.69) is 10.6 Å². The molecule has 2 unspecified atom stereocenters. The summed E-state index contributed by atoms with van der Waals surface area (Å²) in [6.45, 7) is 8.19. The first-order valence-electron chi connectivity index (χ1n) is 7.72. The molecule has 0 spiro atoms. The zero-order valence-corrected chi connectivity index (χ0v) is 15.1. The third-order valence-corrected chi connectivity index (χ3v) is 3.45. The fourth-order valence-corrected chi connectivity index (χ4v) is 2.00. The number of hydrogen-bond acceptors (Lipinski definition) is 3. The highest BCUT2D eigenvalue weighted by Crippen LogP contribution is 2.07. The Morgan fingerprint density at radius 3 is 2.17 bits per heavy atom. The lowest BCUT2D eigenvalue weighted by atomic mass is 10.0. The Labute approximate surface area is 144 Å². The molecule has 23 heavy (non-hydrogen) atoms. The van der Waals surface area contributed by atoms with Gasteiger partial charge in [-0.05, 0) is 38.3 Å². The molecule has 0 aliphatic carbocycles. The third-order valence-electron chi connectivity index (χ3n) is 3.45. The topological polar surface area (TPSA) is 84.2 Å². The molecule has 1 rings (SSSR count). The smallest absolute Gasteiger partial charge is 0.251 e. The molecule has 1 aromatic carbocycles. The molecule has 2 amide bonds. The van der Waals surface area contributed by atoms with Gasteiger partial charge in [0.2, 0.25) is 5.91 Å². The first-order chi connectivity index (χ1) is 10.3. The van der Waals surface area contributed by atoms with Crippen LogP contribution < -0.4 is 16.4 Å². The summed E-state index contributed by atoms with van der Waals surface area (Å²) in [4.78, 5) is 24.5. The van der Waals surface area contributed by atoms with Crippen LogP contribution in [0, 0.1) is 12.8 Å². The summed E-state index contributed by atoms with van der Waals surface area (Å²) in [5, 5.41) is 5.64. The van der Waals surface area contributed by atoms with Gasteiger partial charge in [-0.1, -0.05) is 31.5 Å². The van der Waals surface area contributed by atoms with E-state index in [1.165, 1.54) is 0 Å². The number of aryl methyl sites for hydroxylation is 1. The molecule has 0 radical (unpaired) electrons. The van der Waals surface area contributed by atoms with E-state index in [1.807, 2.05) is 39.8 Å². The average molecular weight is 342 g/mol. The Balaban J connectivity index is 0.00000484. The lowest BCUT2D eigenvalue weighted by molar-refractivity contribution is -0.123. The van der Waals surface area contributed by atoms with Crippen LogP contribution in [0.2, 0.25) is 0 Å². The van der Waals surface area contributed by atoms with Crippen LogP contribution in [0.5, 0.6) is 0 Å². The van der Waals surface area contributed by atoms with E-state index in [0.29, 0.717) is 18.5 Å². The zero-order valence-electron chi connectivity index (χ0n) is 14.3. The second-order valence-electron chi connectivity index (χ2n) is 6.12. The van der Waals surface area contributed by atoms with Gasteiger partial charge in [0.25, 0.3) is 5.91 Å². The van der Waals surface area contributed by atoms with Crippen LogP contribution in [0.15, 0.2) is 24.3 Å². The number of carbonyl (C=O) groups is 2. The van der Waals surface area contributed by atoms with E-state index >= 15 is 0 Å². The molecule has 0 aromatic heterocycles. The number of amides is 2. The Morgan fingerprint density at radius 1 is 1.13 bits per heavy atom. The number of rotatable bonds is 7. The minimum atomic E-state index is -0.554. The monoisotopic (exact) mass is 341 g/mol. The van der Waals surface area contributed by atoms with Crippen molar-refractivity contribution in [3.05, 3.63) is 35.4 Å². The molecular weight excluding hydrogens is 314 g/mol. The van der Waals surface area contributed by atoms with Crippen LogP contribution in [-0.4, -0.2) is 30.4 Å². The van der Waals surface area contributed by atoms with Gasteiger partial charge in [0, 0.05) is 18.2 Å². The Bertz CT molecular complexity index is 501. The highest BCUT2D eigenvalue weighted by Gasteiger charge is 2.24. The van der Waals surface area contributed by atoms with Gasteiger partial charge >= 0.3 is 0 Å². The van der Waals surface area contributed by atoms with Crippen LogP contribution in [0.4, 0.5) is 0 Å². The van der Waals surface area contributed by atoms with Crippen LogP contribution in [-0.2, 0) is 4.79 Å². The van der Waals surface area contributed by atoms with E-state index in [9.17, 15) is 9.59 Å². The maximum absolute atomic E-state index is 12.2. The number of nitrogens with two attached hydrogens (primary N) is 1. The summed E-state index contributed by atoms with van der Waals surface area (Å²) in [5.41, 5.74) is 7.31. The second kappa shape index (κ2) is 10.2. The molecule has 5 nitrogen and oxygen atoms in total. The van der Waals surface area contributed by atoms with E-state index in [-0.39, 0.29) is 36.2 Å². The normalized spacial score (nSPS) is 13.0. The van der Waals surface area contributed by atoms with E-state index in [0.717, 1.165) is 5.56 Å². The van der Waals surface area contributed by atoms with Gasteiger partial charge in [-0.15, -0.1) is 12.4 Å². The third kappa shape index (κ3) is 7.48. The van der Waals surface area contributed by atoms with Crippen molar-refractivity contribution < 1.29 is 9.59 Å². The first kappa shape index (κ1) is 21.4. The van der Waals surface area contributed by atoms with Crippen LogP contribution >= 0.6 is 12.4 Å². The standard InChI is InChI=1S/C17H27N3O2.ClH/c1-11(2)15(17(22)19-10-9-13(4)18)20-16(21)14-7-5-12(3)6-8-14;/h5-8,11,13,15H,9-10,18H2,1-4H3,(H,19,22)(H,20,21);1H. The lowest BCUT2D eigenvalue weighted by Gasteiger charge is -2.22. The van der Waals surface area contributed by atoms with Crippen LogP contribution in [0.25, 0.3) is 0 Å². The van der Waals surface area contributed by atoms with Gasteiger partial charge < -0.3 is 16.4 Å². The van der Waals surface area contributed by atoms with Gasteiger partial charge in [-0.2, -0.15) is 0 Å². The molecule has 130 valence electrons. The van der Waals surface area contributed by atoms with Crippen molar-refractivity contribution in [3.8, 4) is 0 Å². The largest absolute Gasteiger partial charge is 0.354 e. The van der Waals surface area contributed by atoms with Gasteiger partial charge in [0.1, 0.15) is 6.04 Å². The van der Waals surface area contributed by atoms with Crippen molar-refractivity contribution in [2.45, 2.75) is 46.2 Å². The van der Waals surface area contributed by atoms with E-state index < -0.39 is 6.04 Å². The second-order valence-corrected chi connectivity index (χ2v) is 6.12. The molecule has 0 heterocycles. The molecule has 2 atom stereocenters. The summed E-state index contributed by atoms with van der Waals surface area (Å²) in [6.07, 6.45) is 0.711. The summed E-state index contributed by atoms with van der Waals surface area (Å²) < 4.78 is 0. The summed E-state index contributed by atoms with van der Waals surface area (Å²) in [5.74, 6) is -0.401. The van der Waals surface area contributed by atoms with Gasteiger partial charge in [0.05, 0.1) is 0 Å². The molecule has 4 N–H and O–H groups in total. The van der Waals surface area contributed by atoms with Crippen molar-refractivity contribution in [2.75, 3.05) is 6.54 Å². The summed E-state index contributed by atoms with van der Waals surface area (Å²) in [7, 11) is 0. The molecule has 6 heteroatoms. The zero-order chi connectivity index (χ0) is 16.7. The van der Waals surface area contributed by atoms with Crippen molar-refractivity contribution in [1.29, 1.82) is 0 Å². The van der Waals surface area contributed by atoms with Gasteiger partial charge in [0.15, 0.2) is 0 Å². The van der Waals surface area contributed by atoms with Crippen molar-refractivity contribution in [2.24, 2.45) is 11.7 Å². The fourth-order valence-electron chi connectivity index (χ4n) is 2.00. The minimum absolute atomic E-state index is 0. The number of carbonyl (C=O) groups excluding carboxylic acids is 2. The van der Waals surface area contributed by atoms with E-state index in [4.69, 9.17) is 5.73 Å². The van der Waals surface area contributed by atoms with Crippen LogP contribution in [0.1, 0.15) is 43.1 Å². The Hall–Kier alpha value is -1.59. The first-order valence-corrected chi connectivity index (χ1v) is 7.72. The predicted molar refractivity (Wildman–Crippen MR) is 95.8 cm³/mol. The molecule has 0 saturated heterocycles. The number of hydrogen-bond donors (Lipinski definition) is 3. The molecule has 0 bridgehead atoms.